The van der Waals surface area contributed by atoms with Crippen LogP contribution in [0.2, 0.25) is 0 Å². The molecule has 0 spiro atoms. The Kier molecular flexibility index (Phi) is 3.39. The second kappa shape index (κ2) is 5.70. The van der Waals surface area contributed by atoms with Crippen LogP contribution in [0.1, 0.15) is 6.92 Å². The number of pyridine rings is 1. The molecule has 0 fully saturated rings. The molecule has 4 rings (SSSR count). The van der Waals surface area contributed by atoms with Gasteiger partial charge in [-0.2, -0.15) is 0 Å². The quantitative estimate of drug-likeness (QED) is 0.524. The summed E-state index contributed by atoms with van der Waals surface area (Å²) in [6.45, 7) is 1.51. The normalized spacial score (nSPS) is 10.9. The molecule has 0 aliphatic carbocycles. The summed E-state index contributed by atoms with van der Waals surface area (Å²) in [7, 11) is 0. The average Bonchev–Trinajstić information content (AvgIpc) is 2.92. The molecule has 5 nitrogen and oxygen atoms in total. The Hall–Kier alpha value is -3.34. The molecule has 4 aromatic rings. The van der Waals surface area contributed by atoms with Crippen LogP contribution < -0.4 is 10.6 Å². The lowest BCUT2D eigenvalue weighted by Crippen LogP contribution is -2.05. The maximum Gasteiger partial charge on any atom is 0.221 e. The van der Waals surface area contributed by atoms with E-state index in [1.54, 1.807) is 12.4 Å². The lowest BCUT2D eigenvalue weighted by atomic mass is 10.1. The zero-order chi connectivity index (χ0) is 16.5. The average molecular weight is 316 g/mol. The van der Waals surface area contributed by atoms with Crippen LogP contribution in [0.4, 0.5) is 17.1 Å². The van der Waals surface area contributed by atoms with Gasteiger partial charge >= 0.3 is 0 Å². The minimum Gasteiger partial charge on any atom is -0.354 e. The van der Waals surface area contributed by atoms with Crippen molar-refractivity contribution in [2.45, 2.75) is 6.92 Å². The highest BCUT2D eigenvalue weighted by Gasteiger charge is 2.07. The van der Waals surface area contributed by atoms with E-state index in [2.05, 4.69) is 26.7 Å². The lowest BCUT2D eigenvalue weighted by molar-refractivity contribution is -0.114. The number of nitrogens with zero attached hydrogens (tertiary/aromatic N) is 1. The van der Waals surface area contributed by atoms with E-state index in [1.165, 1.54) is 6.92 Å². The number of aromatic amines is 1. The fourth-order valence-electron chi connectivity index (χ4n) is 2.87. The number of hydrogen-bond acceptors (Lipinski definition) is 3. The largest absolute Gasteiger partial charge is 0.354 e. The SMILES string of the molecule is CC(=O)Nc1ccc2c(c1)[nH]c1ccc(Nc3cccnc3)cc12. The zero-order valence-corrected chi connectivity index (χ0v) is 13.1. The summed E-state index contributed by atoms with van der Waals surface area (Å²) >= 11 is 0. The predicted molar refractivity (Wildman–Crippen MR) is 97.6 cm³/mol. The molecule has 2 aromatic heterocycles. The second-order valence-electron chi connectivity index (χ2n) is 5.69. The summed E-state index contributed by atoms with van der Waals surface area (Å²) in [6.07, 6.45) is 3.54. The van der Waals surface area contributed by atoms with Crippen LogP contribution in [0.3, 0.4) is 0 Å². The summed E-state index contributed by atoms with van der Waals surface area (Å²) in [5.41, 5.74) is 4.79. The lowest BCUT2D eigenvalue weighted by Gasteiger charge is -2.05. The Morgan fingerprint density at radius 3 is 2.62 bits per heavy atom. The van der Waals surface area contributed by atoms with Crippen molar-refractivity contribution in [3.8, 4) is 0 Å². The van der Waals surface area contributed by atoms with Crippen molar-refractivity contribution in [3.63, 3.8) is 0 Å². The number of anilines is 3. The van der Waals surface area contributed by atoms with Gasteiger partial charge in [0.05, 0.1) is 11.9 Å². The molecule has 0 bridgehead atoms. The second-order valence-corrected chi connectivity index (χ2v) is 5.69. The van der Waals surface area contributed by atoms with Crippen molar-refractivity contribution in [1.29, 1.82) is 0 Å². The first kappa shape index (κ1) is 14.3. The number of H-pyrrole nitrogens is 1. The molecule has 2 aromatic carbocycles. The number of carbonyl (C=O) groups excluding carboxylic acids is 1. The van der Waals surface area contributed by atoms with Crippen LogP contribution in [0.5, 0.6) is 0 Å². The standard InChI is InChI=1S/C19H16N4O/c1-12(24)21-14-4-6-16-17-9-13(22-15-3-2-8-20-11-15)5-7-18(17)23-19(16)10-14/h2-11,22-23H,1H3,(H,21,24). The van der Waals surface area contributed by atoms with E-state index in [0.29, 0.717) is 0 Å². The van der Waals surface area contributed by atoms with Crippen molar-refractivity contribution in [2.75, 3.05) is 10.6 Å². The number of benzene rings is 2. The van der Waals surface area contributed by atoms with Crippen LogP contribution in [-0.2, 0) is 4.79 Å². The number of rotatable bonds is 3. The predicted octanol–water partition coefficient (Wildman–Crippen LogP) is 4.42. The fourth-order valence-corrected chi connectivity index (χ4v) is 2.87. The molecule has 5 heteroatoms. The van der Waals surface area contributed by atoms with Crippen LogP contribution in [0.25, 0.3) is 21.8 Å². The summed E-state index contributed by atoms with van der Waals surface area (Å²) in [6, 6.07) is 15.9. The highest BCUT2D eigenvalue weighted by atomic mass is 16.1. The topological polar surface area (TPSA) is 69.8 Å². The van der Waals surface area contributed by atoms with Gasteiger partial charge in [-0.3, -0.25) is 9.78 Å². The van der Waals surface area contributed by atoms with Crippen molar-refractivity contribution >= 4 is 44.8 Å². The Bertz CT molecular complexity index is 1040. The van der Waals surface area contributed by atoms with E-state index < -0.39 is 0 Å². The molecule has 0 atom stereocenters. The van der Waals surface area contributed by atoms with Gasteiger partial charge in [0, 0.05) is 46.3 Å². The van der Waals surface area contributed by atoms with Crippen molar-refractivity contribution in [2.24, 2.45) is 0 Å². The van der Waals surface area contributed by atoms with Gasteiger partial charge in [0.15, 0.2) is 0 Å². The van der Waals surface area contributed by atoms with Gasteiger partial charge in [-0.1, -0.05) is 6.07 Å². The maximum atomic E-state index is 11.2. The van der Waals surface area contributed by atoms with Gasteiger partial charge in [0.1, 0.15) is 0 Å². The van der Waals surface area contributed by atoms with E-state index in [4.69, 9.17) is 0 Å². The number of amides is 1. The Labute approximate surface area is 138 Å². The van der Waals surface area contributed by atoms with Crippen molar-refractivity contribution in [3.05, 3.63) is 60.9 Å². The Balaban J connectivity index is 1.75. The van der Waals surface area contributed by atoms with Crippen LogP contribution in [0.15, 0.2) is 60.9 Å². The van der Waals surface area contributed by atoms with E-state index in [0.717, 1.165) is 38.9 Å². The zero-order valence-electron chi connectivity index (χ0n) is 13.1. The van der Waals surface area contributed by atoms with Crippen molar-refractivity contribution < 1.29 is 4.79 Å². The molecular formula is C19H16N4O. The van der Waals surface area contributed by atoms with Gasteiger partial charge in [0.25, 0.3) is 0 Å². The van der Waals surface area contributed by atoms with Gasteiger partial charge in [0.2, 0.25) is 5.91 Å². The molecule has 0 saturated heterocycles. The fraction of sp³-hybridized carbons (Fsp3) is 0.0526. The Morgan fingerprint density at radius 2 is 1.83 bits per heavy atom. The minimum absolute atomic E-state index is 0.0755. The third-order valence-electron chi connectivity index (χ3n) is 3.87. The molecule has 2 heterocycles. The molecule has 0 unspecified atom stereocenters. The summed E-state index contributed by atoms with van der Waals surface area (Å²) < 4.78 is 0. The van der Waals surface area contributed by atoms with Gasteiger partial charge in [-0.15, -0.1) is 0 Å². The highest BCUT2D eigenvalue weighted by molar-refractivity contribution is 6.09. The van der Waals surface area contributed by atoms with Crippen LogP contribution in [0, 0.1) is 0 Å². The van der Waals surface area contributed by atoms with Gasteiger partial charge in [-0.25, -0.2) is 0 Å². The smallest absolute Gasteiger partial charge is 0.221 e. The summed E-state index contributed by atoms with van der Waals surface area (Å²) in [5, 5.41) is 8.41. The summed E-state index contributed by atoms with van der Waals surface area (Å²) in [4.78, 5) is 18.7. The molecule has 1 amide bonds. The maximum absolute atomic E-state index is 11.2. The number of aromatic nitrogens is 2. The number of fused-ring (bicyclic) bond motifs is 3. The first-order valence-corrected chi connectivity index (χ1v) is 7.69. The van der Waals surface area contributed by atoms with E-state index >= 15 is 0 Å². The molecule has 118 valence electrons. The first-order chi connectivity index (χ1) is 11.7. The molecule has 0 aliphatic rings. The monoisotopic (exact) mass is 316 g/mol. The molecule has 24 heavy (non-hydrogen) atoms. The highest BCUT2D eigenvalue weighted by Crippen LogP contribution is 2.30. The number of hydrogen-bond donors (Lipinski definition) is 3. The number of carbonyl (C=O) groups is 1. The Morgan fingerprint density at radius 1 is 0.958 bits per heavy atom. The van der Waals surface area contributed by atoms with Gasteiger partial charge in [-0.05, 0) is 42.5 Å². The molecule has 0 radical (unpaired) electrons. The van der Waals surface area contributed by atoms with Crippen LogP contribution in [-0.4, -0.2) is 15.9 Å². The summed E-state index contributed by atoms with van der Waals surface area (Å²) in [5.74, 6) is -0.0755. The number of nitrogens with one attached hydrogen (secondary N) is 3. The molecular weight excluding hydrogens is 300 g/mol. The van der Waals surface area contributed by atoms with E-state index in [-0.39, 0.29) is 5.91 Å². The van der Waals surface area contributed by atoms with Gasteiger partial charge < -0.3 is 15.6 Å². The van der Waals surface area contributed by atoms with Crippen LogP contribution >= 0.6 is 0 Å². The molecule has 3 N–H and O–H groups in total. The third kappa shape index (κ3) is 2.67. The third-order valence-corrected chi connectivity index (χ3v) is 3.87. The van der Waals surface area contributed by atoms with Crippen molar-refractivity contribution in [1.82, 2.24) is 9.97 Å². The molecule has 0 saturated carbocycles. The minimum atomic E-state index is -0.0755. The first-order valence-electron chi connectivity index (χ1n) is 7.69. The van der Waals surface area contributed by atoms with E-state index in [1.807, 2.05) is 42.5 Å². The molecule has 0 aliphatic heterocycles. The van der Waals surface area contributed by atoms with E-state index in [9.17, 15) is 4.79 Å².